The van der Waals surface area contributed by atoms with Gasteiger partial charge in [-0.2, -0.15) is 12.7 Å². The highest BCUT2D eigenvalue weighted by molar-refractivity contribution is 7.90. The van der Waals surface area contributed by atoms with Gasteiger partial charge >= 0.3 is 16.2 Å². The van der Waals surface area contributed by atoms with Crippen LogP contribution in [0.15, 0.2) is 24.3 Å². The van der Waals surface area contributed by atoms with Gasteiger partial charge in [-0.3, -0.25) is 9.52 Å². The number of nitrogens with zero attached hydrogens (tertiary/aromatic N) is 1. The summed E-state index contributed by atoms with van der Waals surface area (Å²) in [5.74, 6) is -0.513. The lowest BCUT2D eigenvalue weighted by molar-refractivity contribution is -0.146. The molecule has 21 heavy (non-hydrogen) atoms. The van der Waals surface area contributed by atoms with Crippen LogP contribution >= 0.6 is 0 Å². The fourth-order valence-corrected chi connectivity index (χ4v) is 3.77. The second kappa shape index (κ2) is 6.31. The highest BCUT2D eigenvalue weighted by Crippen LogP contribution is 2.25. The van der Waals surface area contributed by atoms with Gasteiger partial charge in [-0.1, -0.05) is 12.1 Å². The molecule has 116 valence electrons. The van der Waals surface area contributed by atoms with Gasteiger partial charge in [0, 0.05) is 6.54 Å². The monoisotopic (exact) mass is 313 g/mol. The second-order valence-electron chi connectivity index (χ2n) is 4.72. The molecule has 8 heteroatoms. The van der Waals surface area contributed by atoms with Gasteiger partial charge in [-0.05, 0) is 31.9 Å². The number of hydrogen-bond donors (Lipinski definition) is 2. The summed E-state index contributed by atoms with van der Waals surface area (Å²) in [6.07, 6.45) is 1.08. The number of nitrogens with two attached hydrogens (primary N) is 1. The standard InChI is InChI=1S/C13H19N3O4S/c1-2-20-13(17)12-8-5-9-16(12)21(18,19)15-11-7-4-3-6-10(11)14/h3-4,6-7,12,15H,2,5,8-9,14H2,1H3. The zero-order valence-corrected chi connectivity index (χ0v) is 12.6. The smallest absolute Gasteiger partial charge is 0.324 e. The molecule has 0 radical (unpaired) electrons. The molecule has 1 heterocycles. The summed E-state index contributed by atoms with van der Waals surface area (Å²) in [4.78, 5) is 11.8. The molecule has 0 aliphatic carbocycles. The van der Waals surface area contributed by atoms with Crippen molar-refractivity contribution in [3.8, 4) is 0 Å². The molecular weight excluding hydrogens is 294 g/mol. The third kappa shape index (κ3) is 3.45. The lowest BCUT2D eigenvalue weighted by Gasteiger charge is -2.23. The Balaban J connectivity index is 2.19. The molecule has 7 nitrogen and oxygen atoms in total. The molecule has 1 aliphatic rings. The van der Waals surface area contributed by atoms with Crippen molar-refractivity contribution in [2.45, 2.75) is 25.8 Å². The molecule has 0 saturated carbocycles. The summed E-state index contributed by atoms with van der Waals surface area (Å²) in [6.45, 7) is 2.20. The Kier molecular flexibility index (Phi) is 4.69. The Morgan fingerprint density at radius 1 is 1.48 bits per heavy atom. The molecule has 1 atom stereocenters. The van der Waals surface area contributed by atoms with Gasteiger partial charge in [0.1, 0.15) is 6.04 Å². The Morgan fingerprint density at radius 2 is 2.19 bits per heavy atom. The quantitative estimate of drug-likeness (QED) is 0.622. The fraction of sp³-hybridized carbons (Fsp3) is 0.462. The number of ether oxygens (including phenoxy) is 1. The number of hydrogen-bond acceptors (Lipinski definition) is 5. The summed E-state index contributed by atoms with van der Waals surface area (Å²) in [5.41, 5.74) is 6.36. The van der Waals surface area contributed by atoms with Gasteiger partial charge in [0.2, 0.25) is 0 Å². The molecule has 1 unspecified atom stereocenters. The Hall–Kier alpha value is -1.80. The van der Waals surface area contributed by atoms with Crippen molar-refractivity contribution in [2.75, 3.05) is 23.6 Å². The van der Waals surface area contributed by atoms with E-state index in [2.05, 4.69) is 4.72 Å². The third-order valence-corrected chi connectivity index (χ3v) is 4.80. The van der Waals surface area contributed by atoms with Crippen LogP contribution in [-0.4, -0.2) is 37.9 Å². The number of nitrogens with one attached hydrogen (secondary N) is 1. The molecular formula is C13H19N3O4S. The van der Waals surface area contributed by atoms with E-state index in [1.165, 1.54) is 0 Å². The Labute approximate surface area is 124 Å². The van der Waals surface area contributed by atoms with Crippen molar-refractivity contribution in [2.24, 2.45) is 0 Å². The number of benzene rings is 1. The SMILES string of the molecule is CCOC(=O)C1CCCN1S(=O)(=O)Nc1ccccc1N. The van der Waals surface area contributed by atoms with Crippen molar-refractivity contribution in [1.29, 1.82) is 0 Å². The van der Waals surface area contributed by atoms with E-state index in [0.717, 1.165) is 4.31 Å². The van der Waals surface area contributed by atoms with Crippen molar-refractivity contribution < 1.29 is 17.9 Å². The van der Waals surface area contributed by atoms with E-state index in [1.54, 1.807) is 31.2 Å². The first-order valence-electron chi connectivity index (χ1n) is 6.76. The van der Waals surface area contributed by atoms with Gasteiger partial charge in [0.15, 0.2) is 0 Å². The van der Waals surface area contributed by atoms with E-state index in [0.29, 0.717) is 24.2 Å². The number of anilines is 2. The molecule has 1 saturated heterocycles. The van der Waals surface area contributed by atoms with Crippen LogP contribution in [0, 0.1) is 0 Å². The van der Waals surface area contributed by atoms with Gasteiger partial charge < -0.3 is 10.5 Å². The molecule has 0 aromatic heterocycles. The van der Waals surface area contributed by atoms with Crippen LogP contribution in [0.3, 0.4) is 0 Å². The number of nitrogen functional groups attached to an aromatic ring is 1. The number of para-hydroxylation sites is 2. The first kappa shape index (κ1) is 15.6. The first-order chi connectivity index (χ1) is 9.95. The second-order valence-corrected chi connectivity index (χ2v) is 6.34. The van der Waals surface area contributed by atoms with E-state index in [-0.39, 0.29) is 13.2 Å². The predicted molar refractivity (Wildman–Crippen MR) is 79.8 cm³/mol. The van der Waals surface area contributed by atoms with Gasteiger partial charge in [0.25, 0.3) is 0 Å². The molecule has 0 amide bonds. The molecule has 1 fully saturated rings. The van der Waals surface area contributed by atoms with Crippen LogP contribution in [0.5, 0.6) is 0 Å². The first-order valence-corrected chi connectivity index (χ1v) is 8.20. The van der Waals surface area contributed by atoms with Crippen molar-refractivity contribution in [3.05, 3.63) is 24.3 Å². The average molecular weight is 313 g/mol. The van der Waals surface area contributed by atoms with Crippen LogP contribution in [0.2, 0.25) is 0 Å². The minimum absolute atomic E-state index is 0.224. The number of carbonyl (C=O) groups excluding carboxylic acids is 1. The topological polar surface area (TPSA) is 102 Å². The van der Waals surface area contributed by atoms with Gasteiger partial charge in [-0.15, -0.1) is 0 Å². The molecule has 0 spiro atoms. The van der Waals surface area contributed by atoms with E-state index in [9.17, 15) is 13.2 Å². The molecule has 3 N–H and O–H groups in total. The molecule has 1 aliphatic heterocycles. The molecule has 1 aromatic rings. The minimum atomic E-state index is -3.85. The zero-order chi connectivity index (χ0) is 15.5. The zero-order valence-electron chi connectivity index (χ0n) is 11.8. The molecule has 0 bridgehead atoms. The van der Waals surface area contributed by atoms with Crippen LogP contribution in [0.1, 0.15) is 19.8 Å². The highest BCUT2D eigenvalue weighted by atomic mass is 32.2. The Morgan fingerprint density at radius 3 is 2.86 bits per heavy atom. The summed E-state index contributed by atoms with van der Waals surface area (Å²) >= 11 is 0. The van der Waals surface area contributed by atoms with E-state index < -0.39 is 22.2 Å². The predicted octanol–water partition coefficient (Wildman–Crippen LogP) is 0.953. The van der Waals surface area contributed by atoms with Crippen LogP contribution in [0.25, 0.3) is 0 Å². The third-order valence-electron chi connectivity index (χ3n) is 3.27. The maximum Gasteiger partial charge on any atom is 0.324 e. The molecule has 2 rings (SSSR count). The van der Waals surface area contributed by atoms with Crippen molar-refractivity contribution >= 4 is 27.6 Å². The lowest BCUT2D eigenvalue weighted by atomic mass is 10.2. The summed E-state index contributed by atoms with van der Waals surface area (Å²) in [7, 11) is -3.85. The number of rotatable bonds is 5. The van der Waals surface area contributed by atoms with Gasteiger partial charge in [0.05, 0.1) is 18.0 Å². The maximum atomic E-state index is 12.4. The van der Waals surface area contributed by atoms with E-state index in [1.807, 2.05) is 0 Å². The number of carbonyl (C=O) groups is 1. The largest absolute Gasteiger partial charge is 0.465 e. The van der Waals surface area contributed by atoms with Crippen LogP contribution in [-0.2, 0) is 19.7 Å². The van der Waals surface area contributed by atoms with Crippen LogP contribution in [0.4, 0.5) is 11.4 Å². The van der Waals surface area contributed by atoms with E-state index in [4.69, 9.17) is 10.5 Å². The summed E-state index contributed by atoms with van der Waals surface area (Å²) in [5, 5.41) is 0. The Bertz CT molecular complexity index is 618. The van der Waals surface area contributed by atoms with E-state index >= 15 is 0 Å². The number of esters is 1. The summed E-state index contributed by atoms with van der Waals surface area (Å²) < 4.78 is 33.3. The fourth-order valence-electron chi connectivity index (χ4n) is 2.29. The normalized spacial score (nSPS) is 19.4. The summed E-state index contributed by atoms with van der Waals surface area (Å²) in [6, 6.07) is 5.80. The minimum Gasteiger partial charge on any atom is -0.465 e. The van der Waals surface area contributed by atoms with Crippen molar-refractivity contribution in [3.63, 3.8) is 0 Å². The van der Waals surface area contributed by atoms with Gasteiger partial charge in [-0.25, -0.2) is 0 Å². The maximum absolute atomic E-state index is 12.4. The lowest BCUT2D eigenvalue weighted by Crippen LogP contribution is -2.44. The molecule has 1 aromatic carbocycles. The average Bonchev–Trinajstić information content (AvgIpc) is 2.92. The van der Waals surface area contributed by atoms with Crippen LogP contribution < -0.4 is 10.5 Å². The van der Waals surface area contributed by atoms with Crippen molar-refractivity contribution in [1.82, 2.24) is 4.31 Å². The highest BCUT2D eigenvalue weighted by Gasteiger charge is 2.39.